The van der Waals surface area contributed by atoms with Crippen LogP contribution in [0.15, 0.2) is 64.5 Å². The molecule has 1 saturated heterocycles. The highest BCUT2D eigenvalue weighted by Crippen LogP contribution is 2.27. The van der Waals surface area contributed by atoms with Crippen molar-refractivity contribution in [1.82, 2.24) is 9.97 Å². The second-order valence-corrected chi connectivity index (χ2v) is 9.40. The summed E-state index contributed by atoms with van der Waals surface area (Å²) in [5.74, 6) is 0.916. The number of piperazine rings is 1. The topological polar surface area (TPSA) is 102 Å². The summed E-state index contributed by atoms with van der Waals surface area (Å²) in [5.41, 5.74) is 7.14. The summed E-state index contributed by atoms with van der Waals surface area (Å²) in [5, 5.41) is 0.705. The van der Waals surface area contributed by atoms with Crippen molar-refractivity contribution in [1.29, 1.82) is 0 Å². The molecule has 0 aliphatic carbocycles. The molecule has 10 heteroatoms. The number of nitrogens with two attached hydrogens (primary N) is 1. The number of ether oxygens (including phenoxy) is 1. The second-order valence-electron chi connectivity index (χ2n) is 7.05. The van der Waals surface area contributed by atoms with Crippen molar-refractivity contribution in [2.45, 2.75) is 9.79 Å². The molecule has 3 aromatic rings. The zero-order chi connectivity index (χ0) is 22.0. The van der Waals surface area contributed by atoms with Crippen molar-refractivity contribution in [3.63, 3.8) is 0 Å². The summed E-state index contributed by atoms with van der Waals surface area (Å²) < 4.78 is 30.9. The Kier molecular flexibility index (Phi) is 5.88. The van der Waals surface area contributed by atoms with Gasteiger partial charge in [-0.3, -0.25) is 0 Å². The van der Waals surface area contributed by atoms with E-state index >= 15 is 0 Å². The number of aromatic nitrogens is 2. The van der Waals surface area contributed by atoms with E-state index in [2.05, 4.69) is 14.9 Å². The largest absolute Gasteiger partial charge is 0.497 e. The molecule has 31 heavy (non-hydrogen) atoms. The summed E-state index contributed by atoms with van der Waals surface area (Å²) in [6.07, 6.45) is 1.28. The highest BCUT2D eigenvalue weighted by atomic mass is 35.5. The van der Waals surface area contributed by atoms with Crippen LogP contribution >= 0.6 is 11.6 Å². The van der Waals surface area contributed by atoms with Gasteiger partial charge in [0.25, 0.3) is 0 Å². The van der Waals surface area contributed by atoms with Gasteiger partial charge in [0.2, 0.25) is 15.8 Å². The fraction of sp³-hybridized carbons (Fsp3) is 0.238. The monoisotopic (exact) mass is 459 g/mol. The van der Waals surface area contributed by atoms with Crippen LogP contribution in [-0.4, -0.2) is 51.7 Å². The number of hydrogen-bond acceptors (Lipinski definition) is 8. The molecule has 1 aliphatic heterocycles. The van der Waals surface area contributed by atoms with Crippen molar-refractivity contribution in [3.05, 3.63) is 59.8 Å². The number of nitrogens with zero attached hydrogens (tertiary/aromatic N) is 4. The standard InChI is InChI=1S/C21H22ClN5O3S/c1-30-17-6-8-18(9-7-17)31(28,29)19-14-24-21(25-20(19)23)27-12-10-26(11-13-27)16-4-2-15(22)3-5-16/h2-9,14H,10-13H2,1H3,(H2,23,24,25). The molecule has 4 rings (SSSR count). The lowest BCUT2D eigenvalue weighted by atomic mass is 10.2. The van der Waals surface area contributed by atoms with Gasteiger partial charge >= 0.3 is 0 Å². The van der Waals surface area contributed by atoms with Gasteiger partial charge in [-0.1, -0.05) is 11.6 Å². The lowest BCUT2D eigenvalue weighted by Gasteiger charge is -2.36. The van der Waals surface area contributed by atoms with Gasteiger partial charge in [-0.2, -0.15) is 4.98 Å². The van der Waals surface area contributed by atoms with Gasteiger partial charge in [-0.15, -0.1) is 0 Å². The Hall–Kier alpha value is -3.04. The van der Waals surface area contributed by atoms with Crippen molar-refractivity contribution in [3.8, 4) is 5.75 Å². The molecule has 1 aromatic heterocycles. The zero-order valence-electron chi connectivity index (χ0n) is 16.9. The fourth-order valence-corrected chi connectivity index (χ4v) is 4.82. The molecular weight excluding hydrogens is 438 g/mol. The number of benzene rings is 2. The first-order valence-electron chi connectivity index (χ1n) is 9.65. The number of halogens is 1. The first-order chi connectivity index (χ1) is 14.9. The van der Waals surface area contributed by atoms with E-state index in [0.29, 0.717) is 29.8 Å². The van der Waals surface area contributed by atoms with Gasteiger partial charge < -0.3 is 20.3 Å². The van der Waals surface area contributed by atoms with E-state index in [9.17, 15) is 8.42 Å². The molecule has 162 valence electrons. The van der Waals surface area contributed by atoms with Gasteiger partial charge in [0.1, 0.15) is 16.5 Å². The lowest BCUT2D eigenvalue weighted by Crippen LogP contribution is -2.47. The normalized spacial score (nSPS) is 14.5. The van der Waals surface area contributed by atoms with Gasteiger partial charge in [0, 0.05) is 36.9 Å². The maximum atomic E-state index is 12.9. The molecule has 8 nitrogen and oxygen atoms in total. The van der Waals surface area contributed by atoms with Crippen LogP contribution < -0.4 is 20.3 Å². The molecule has 0 saturated carbocycles. The van der Waals surface area contributed by atoms with E-state index in [-0.39, 0.29) is 15.6 Å². The van der Waals surface area contributed by atoms with Gasteiger partial charge in [-0.25, -0.2) is 13.4 Å². The zero-order valence-corrected chi connectivity index (χ0v) is 18.5. The molecule has 0 atom stereocenters. The van der Waals surface area contributed by atoms with Crippen LogP contribution in [0.4, 0.5) is 17.5 Å². The van der Waals surface area contributed by atoms with Crippen molar-refractivity contribution in [2.24, 2.45) is 0 Å². The summed E-state index contributed by atoms with van der Waals surface area (Å²) in [6.45, 7) is 2.92. The number of nitrogen functional groups attached to an aromatic ring is 1. The Balaban J connectivity index is 1.49. The minimum Gasteiger partial charge on any atom is -0.497 e. The maximum Gasteiger partial charge on any atom is 0.227 e. The van der Waals surface area contributed by atoms with E-state index in [1.54, 1.807) is 12.1 Å². The van der Waals surface area contributed by atoms with E-state index in [4.69, 9.17) is 22.1 Å². The quantitative estimate of drug-likeness (QED) is 0.621. The Morgan fingerprint density at radius 2 is 1.58 bits per heavy atom. The van der Waals surface area contributed by atoms with Gasteiger partial charge in [-0.05, 0) is 48.5 Å². The highest BCUT2D eigenvalue weighted by Gasteiger charge is 2.25. The molecular formula is C21H22ClN5O3S. The third-order valence-corrected chi connectivity index (χ3v) is 7.22. The average molecular weight is 460 g/mol. The van der Waals surface area contributed by atoms with Gasteiger partial charge in [0.05, 0.1) is 18.2 Å². The Morgan fingerprint density at radius 1 is 0.968 bits per heavy atom. The van der Waals surface area contributed by atoms with Crippen molar-refractivity contribution in [2.75, 3.05) is 48.8 Å². The maximum absolute atomic E-state index is 12.9. The van der Waals surface area contributed by atoms with Crippen LogP contribution in [0, 0.1) is 0 Å². The summed E-state index contributed by atoms with van der Waals surface area (Å²) >= 11 is 5.96. The van der Waals surface area contributed by atoms with Crippen LogP contribution in [0.5, 0.6) is 5.75 Å². The first-order valence-corrected chi connectivity index (χ1v) is 11.5. The summed E-state index contributed by atoms with van der Waals surface area (Å²) in [4.78, 5) is 12.8. The second kappa shape index (κ2) is 8.60. The van der Waals surface area contributed by atoms with Crippen LogP contribution in [-0.2, 0) is 9.84 Å². The molecule has 0 spiro atoms. The van der Waals surface area contributed by atoms with Crippen molar-refractivity contribution < 1.29 is 13.2 Å². The molecule has 2 N–H and O–H groups in total. The highest BCUT2D eigenvalue weighted by molar-refractivity contribution is 7.91. The molecule has 1 aliphatic rings. The van der Waals surface area contributed by atoms with Crippen LogP contribution in [0.25, 0.3) is 0 Å². The molecule has 0 amide bonds. The minimum absolute atomic E-state index is 0.0686. The summed E-state index contributed by atoms with van der Waals surface area (Å²) in [6, 6.07) is 13.8. The number of rotatable bonds is 5. The van der Waals surface area contributed by atoms with Crippen molar-refractivity contribution >= 4 is 38.9 Å². The molecule has 0 bridgehead atoms. The summed E-state index contributed by atoms with van der Waals surface area (Å²) in [7, 11) is -2.32. The molecule has 0 radical (unpaired) electrons. The minimum atomic E-state index is -3.83. The Bertz CT molecular complexity index is 1160. The van der Waals surface area contributed by atoms with Crippen LogP contribution in [0.3, 0.4) is 0 Å². The van der Waals surface area contributed by atoms with E-state index in [1.807, 2.05) is 29.2 Å². The third-order valence-electron chi connectivity index (χ3n) is 5.18. The number of anilines is 3. The Morgan fingerprint density at radius 3 is 2.16 bits per heavy atom. The van der Waals surface area contributed by atoms with E-state index in [1.165, 1.54) is 25.4 Å². The Labute approximate surface area is 186 Å². The SMILES string of the molecule is COc1ccc(S(=O)(=O)c2cnc(N3CCN(c4ccc(Cl)cc4)CC3)nc2N)cc1. The van der Waals surface area contributed by atoms with Crippen LogP contribution in [0.1, 0.15) is 0 Å². The molecule has 2 aromatic carbocycles. The molecule has 0 unspecified atom stereocenters. The fourth-order valence-electron chi connectivity index (χ4n) is 3.43. The molecule has 1 fully saturated rings. The van der Waals surface area contributed by atoms with E-state index in [0.717, 1.165) is 18.8 Å². The lowest BCUT2D eigenvalue weighted by molar-refractivity contribution is 0.414. The predicted molar refractivity (Wildman–Crippen MR) is 121 cm³/mol. The average Bonchev–Trinajstić information content (AvgIpc) is 2.79. The van der Waals surface area contributed by atoms with E-state index < -0.39 is 9.84 Å². The first kappa shape index (κ1) is 21.2. The molecule has 2 heterocycles. The van der Waals surface area contributed by atoms with Gasteiger partial charge in [0.15, 0.2) is 0 Å². The number of hydrogen-bond donors (Lipinski definition) is 1. The predicted octanol–water partition coefficient (Wildman–Crippen LogP) is 2.88. The van der Waals surface area contributed by atoms with Crippen LogP contribution in [0.2, 0.25) is 5.02 Å². The third kappa shape index (κ3) is 4.38. The number of methoxy groups -OCH3 is 1. The number of sulfone groups is 1. The smallest absolute Gasteiger partial charge is 0.227 e.